The first-order valence-electron chi connectivity index (χ1n) is 8.88. The summed E-state index contributed by atoms with van der Waals surface area (Å²) in [5, 5.41) is 0. The molecule has 0 unspecified atom stereocenters. The van der Waals surface area contributed by atoms with Crippen LogP contribution in [0.25, 0.3) is 0 Å². The quantitative estimate of drug-likeness (QED) is 0.591. The fourth-order valence-corrected chi connectivity index (χ4v) is 4.10. The molecule has 150 valence electrons. The Morgan fingerprint density at radius 2 is 1.55 bits per heavy atom. The van der Waals surface area contributed by atoms with Crippen molar-refractivity contribution in [3.05, 3.63) is 84.4 Å². The normalized spacial score (nSPS) is 11.0. The van der Waals surface area contributed by atoms with Crippen molar-refractivity contribution in [1.29, 1.82) is 0 Å². The fraction of sp³-hybridized carbons (Fsp3) is 0.136. The van der Waals surface area contributed by atoms with Gasteiger partial charge in [0.25, 0.3) is 15.9 Å². The molecule has 0 fully saturated rings. The third kappa shape index (κ3) is 4.75. The Kier molecular flexibility index (Phi) is 6.19. The molecule has 3 aromatic rings. The van der Waals surface area contributed by atoms with Crippen LogP contribution in [-0.4, -0.2) is 28.0 Å². The van der Waals surface area contributed by atoms with Crippen molar-refractivity contribution in [2.75, 3.05) is 18.0 Å². The molecule has 1 amide bonds. The van der Waals surface area contributed by atoms with Crippen LogP contribution in [0.1, 0.15) is 5.56 Å². The van der Waals surface area contributed by atoms with E-state index in [1.807, 2.05) is 6.92 Å². The van der Waals surface area contributed by atoms with Crippen molar-refractivity contribution in [3.63, 3.8) is 0 Å². The number of carbonyl (C=O) groups excluding carboxylic acids is 1. The molecule has 7 heteroatoms. The van der Waals surface area contributed by atoms with Gasteiger partial charge in [-0.3, -0.25) is 4.79 Å². The summed E-state index contributed by atoms with van der Waals surface area (Å²) in [5.74, 6) is 0.264. The first-order valence-corrected chi connectivity index (χ1v) is 10.3. The number of aryl methyl sites for hydroxylation is 1. The van der Waals surface area contributed by atoms with E-state index in [0.29, 0.717) is 11.5 Å². The average Bonchev–Trinajstić information content (AvgIpc) is 2.73. The van der Waals surface area contributed by atoms with Gasteiger partial charge in [0.1, 0.15) is 11.5 Å². The predicted octanol–water partition coefficient (Wildman–Crippen LogP) is 3.80. The molecule has 0 spiro atoms. The second-order valence-corrected chi connectivity index (χ2v) is 8.07. The number of amides is 1. The number of anilines is 1. The summed E-state index contributed by atoms with van der Waals surface area (Å²) < 4.78 is 37.9. The van der Waals surface area contributed by atoms with Gasteiger partial charge >= 0.3 is 0 Å². The Balaban J connectivity index is 1.91. The smallest absolute Gasteiger partial charge is 0.278 e. The molecular formula is C22H21NO5S. The summed E-state index contributed by atoms with van der Waals surface area (Å²) >= 11 is 0. The molecule has 3 aromatic carbocycles. The minimum Gasteiger partial charge on any atom is -0.497 e. The molecule has 6 nitrogen and oxygen atoms in total. The number of hydrogen-bond donors (Lipinski definition) is 0. The number of nitrogens with zero attached hydrogens (tertiary/aromatic N) is 1. The van der Waals surface area contributed by atoms with Crippen LogP contribution in [0.15, 0.2) is 83.8 Å². The van der Waals surface area contributed by atoms with Crippen LogP contribution in [-0.2, 0) is 14.8 Å². The number of rotatable bonds is 7. The van der Waals surface area contributed by atoms with Crippen LogP contribution in [0, 0.1) is 6.92 Å². The van der Waals surface area contributed by atoms with Crippen LogP contribution in [0.2, 0.25) is 0 Å². The minimum absolute atomic E-state index is 0.0293. The molecule has 0 aliphatic heterocycles. The number of hydrogen-bond acceptors (Lipinski definition) is 5. The van der Waals surface area contributed by atoms with E-state index in [1.165, 1.54) is 19.2 Å². The lowest BCUT2D eigenvalue weighted by Gasteiger charge is -2.23. The molecule has 0 aliphatic rings. The molecule has 29 heavy (non-hydrogen) atoms. The molecule has 0 saturated carbocycles. The third-order valence-corrected chi connectivity index (χ3v) is 5.94. The topological polar surface area (TPSA) is 72.9 Å². The van der Waals surface area contributed by atoms with Gasteiger partial charge in [-0.05, 0) is 43.3 Å². The zero-order valence-electron chi connectivity index (χ0n) is 16.1. The van der Waals surface area contributed by atoms with E-state index in [0.717, 1.165) is 9.87 Å². The van der Waals surface area contributed by atoms with Crippen LogP contribution < -0.4 is 13.8 Å². The van der Waals surface area contributed by atoms with E-state index in [4.69, 9.17) is 9.47 Å². The summed E-state index contributed by atoms with van der Waals surface area (Å²) in [7, 11) is -2.58. The highest BCUT2D eigenvalue weighted by Gasteiger charge is 2.31. The summed E-state index contributed by atoms with van der Waals surface area (Å²) in [6.07, 6.45) is 0. The van der Waals surface area contributed by atoms with Crippen LogP contribution in [0.3, 0.4) is 0 Å². The average molecular weight is 411 g/mol. The second-order valence-electron chi connectivity index (χ2n) is 6.28. The molecular weight excluding hydrogens is 390 g/mol. The SMILES string of the molecule is COc1cccc(OCC(=O)N(c2ccccc2)S(=O)(=O)c2ccc(C)cc2)c1. The summed E-state index contributed by atoms with van der Waals surface area (Å²) in [4.78, 5) is 13.0. The first kappa shape index (κ1) is 20.4. The van der Waals surface area contributed by atoms with Gasteiger partial charge in [-0.15, -0.1) is 0 Å². The van der Waals surface area contributed by atoms with Crippen molar-refractivity contribution >= 4 is 21.6 Å². The minimum atomic E-state index is -4.11. The van der Waals surface area contributed by atoms with Crippen LogP contribution in [0.5, 0.6) is 11.5 Å². The van der Waals surface area contributed by atoms with Gasteiger partial charge in [0.2, 0.25) is 0 Å². The highest BCUT2D eigenvalue weighted by molar-refractivity contribution is 7.93. The molecule has 0 aliphatic carbocycles. The zero-order chi connectivity index (χ0) is 20.9. The van der Waals surface area contributed by atoms with E-state index in [9.17, 15) is 13.2 Å². The first-order chi connectivity index (χ1) is 13.9. The highest BCUT2D eigenvalue weighted by Crippen LogP contribution is 2.25. The van der Waals surface area contributed by atoms with Crippen molar-refractivity contribution < 1.29 is 22.7 Å². The van der Waals surface area contributed by atoms with Gasteiger partial charge < -0.3 is 9.47 Å². The van der Waals surface area contributed by atoms with E-state index < -0.39 is 22.5 Å². The van der Waals surface area contributed by atoms with E-state index in [1.54, 1.807) is 66.7 Å². The highest BCUT2D eigenvalue weighted by atomic mass is 32.2. The molecule has 0 bridgehead atoms. The zero-order valence-corrected chi connectivity index (χ0v) is 16.9. The van der Waals surface area contributed by atoms with Crippen LogP contribution in [0.4, 0.5) is 5.69 Å². The van der Waals surface area contributed by atoms with E-state index in [2.05, 4.69) is 0 Å². The van der Waals surface area contributed by atoms with Gasteiger partial charge in [-0.25, -0.2) is 8.42 Å². The molecule has 0 heterocycles. The molecule has 0 radical (unpaired) electrons. The molecule has 0 saturated heterocycles. The number of methoxy groups -OCH3 is 1. The lowest BCUT2D eigenvalue weighted by atomic mass is 10.2. The third-order valence-electron chi connectivity index (χ3n) is 4.18. The molecule has 0 N–H and O–H groups in total. The maximum absolute atomic E-state index is 13.2. The fourth-order valence-electron chi connectivity index (χ4n) is 2.69. The molecule has 3 rings (SSSR count). The Hall–Kier alpha value is -3.32. The van der Waals surface area contributed by atoms with Crippen LogP contribution >= 0.6 is 0 Å². The Morgan fingerprint density at radius 1 is 0.897 bits per heavy atom. The number of sulfonamides is 1. The van der Waals surface area contributed by atoms with Gasteiger partial charge in [0, 0.05) is 6.07 Å². The van der Waals surface area contributed by atoms with E-state index in [-0.39, 0.29) is 10.6 Å². The van der Waals surface area contributed by atoms with Crippen molar-refractivity contribution in [1.82, 2.24) is 0 Å². The summed E-state index contributed by atoms with van der Waals surface area (Å²) in [5.41, 5.74) is 1.16. The maximum atomic E-state index is 13.2. The van der Waals surface area contributed by atoms with Gasteiger partial charge in [0.05, 0.1) is 17.7 Å². The van der Waals surface area contributed by atoms with Gasteiger partial charge in [0.15, 0.2) is 6.61 Å². The number of ether oxygens (including phenoxy) is 2. The van der Waals surface area contributed by atoms with Gasteiger partial charge in [-0.1, -0.05) is 42.0 Å². The lowest BCUT2D eigenvalue weighted by molar-refractivity contribution is -0.119. The van der Waals surface area contributed by atoms with E-state index >= 15 is 0 Å². The monoisotopic (exact) mass is 411 g/mol. The van der Waals surface area contributed by atoms with Crippen molar-refractivity contribution in [2.45, 2.75) is 11.8 Å². The summed E-state index contributed by atoms with van der Waals surface area (Å²) in [6.45, 7) is 1.41. The number of carbonyl (C=O) groups is 1. The number of benzene rings is 3. The van der Waals surface area contributed by atoms with Gasteiger partial charge in [-0.2, -0.15) is 4.31 Å². The maximum Gasteiger partial charge on any atom is 0.278 e. The lowest BCUT2D eigenvalue weighted by Crippen LogP contribution is -2.40. The second kappa shape index (κ2) is 8.79. The van der Waals surface area contributed by atoms with Crippen molar-refractivity contribution in [2.24, 2.45) is 0 Å². The number of para-hydroxylation sites is 1. The van der Waals surface area contributed by atoms with Crippen molar-refractivity contribution in [3.8, 4) is 11.5 Å². The molecule has 0 atom stereocenters. The predicted molar refractivity (Wildman–Crippen MR) is 111 cm³/mol. The summed E-state index contributed by atoms with van der Waals surface area (Å²) in [6, 6.07) is 21.3. The Labute approximate surface area is 170 Å². The molecule has 0 aromatic heterocycles. The Bertz CT molecular complexity index is 1080. The largest absolute Gasteiger partial charge is 0.497 e. The Morgan fingerprint density at radius 3 is 2.21 bits per heavy atom. The standard InChI is InChI=1S/C22H21NO5S/c1-17-11-13-21(14-12-17)29(25,26)23(18-7-4-3-5-8-18)22(24)16-28-20-10-6-9-19(15-20)27-2/h3-15H,16H2,1-2H3.